The van der Waals surface area contributed by atoms with Crippen molar-refractivity contribution in [3.63, 3.8) is 0 Å². The minimum absolute atomic E-state index is 0.0112. The maximum absolute atomic E-state index is 6.20. The summed E-state index contributed by atoms with van der Waals surface area (Å²) in [5.41, 5.74) is 8.28. The lowest BCUT2D eigenvalue weighted by molar-refractivity contribution is 0.190. The molecule has 4 heteroatoms. The Kier molecular flexibility index (Phi) is 4.50. The molecule has 0 aliphatic rings. The highest BCUT2D eigenvalue weighted by atomic mass is 16.5. The number of nitrogens with two attached hydrogens (primary N) is 1. The van der Waals surface area contributed by atoms with Crippen molar-refractivity contribution in [1.82, 2.24) is 9.78 Å². The summed E-state index contributed by atoms with van der Waals surface area (Å²) < 4.78 is 6.95. The topological polar surface area (TPSA) is 53.1 Å². The van der Waals surface area contributed by atoms with Crippen LogP contribution in [0.3, 0.4) is 0 Å². The zero-order valence-electron chi connectivity index (χ0n) is 10.6. The van der Waals surface area contributed by atoms with Gasteiger partial charge in [0.05, 0.1) is 11.4 Å². The third-order valence-corrected chi connectivity index (χ3v) is 2.92. The van der Waals surface area contributed by atoms with Crippen LogP contribution in [0.1, 0.15) is 24.6 Å². The van der Waals surface area contributed by atoms with E-state index in [1.165, 1.54) is 0 Å². The first-order valence-corrected chi connectivity index (χ1v) is 6.17. The predicted molar refractivity (Wildman–Crippen MR) is 71.6 cm³/mol. The molecule has 2 rings (SSSR count). The molecular formula is C14H19N3O. The molecule has 0 saturated heterocycles. The second-order valence-electron chi connectivity index (χ2n) is 4.24. The first-order valence-electron chi connectivity index (χ1n) is 6.17. The summed E-state index contributed by atoms with van der Waals surface area (Å²) in [5.74, 6) is 0. The Morgan fingerprint density at radius 3 is 2.78 bits per heavy atom. The van der Waals surface area contributed by atoms with E-state index in [9.17, 15) is 0 Å². The number of rotatable bonds is 6. The first kappa shape index (κ1) is 12.8. The molecule has 1 atom stereocenters. The molecule has 96 valence electrons. The molecule has 1 heterocycles. The number of hydrogen-bond donors (Lipinski definition) is 1. The minimum atomic E-state index is -0.0112. The fraction of sp³-hybridized carbons (Fsp3) is 0.357. The molecule has 0 aliphatic heterocycles. The zero-order chi connectivity index (χ0) is 12.8. The highest BCUT2D eigenvalue weighted by Crippen LogP contribution is 2.19. The number of para-hydroxylation sites is 1. The molecule has 0 fully saturated rings. The Balaban J connectivity index is 2.12. The monoisotopic (exact) mass is 245 g/mol. The van der Waals surface area contributed by atoms with Gasteiger partial charge in [-0.1, -0.05) is 18.2 Å². The Morgan fingerprint density at radius 2 is 2.06 bits per heavy atom. The van der Waals surface area contributed by atoms with E-state index in [0.29, 0.717) is 0 Å². The standard InChI is InChI=1S/C14H19N3O/c1-18-11-5-8-13(15)14-9-10-16-17(14)12-6-3-2-4-7-12/h2-4,6-7,9-10,13H,5,8,11,15H2,1H3. The van der Waals surface area contributed by atoms with Crippen molar-refractivity contribution in [2.24, 2.45) is 5.73 Å². The smallest absolute Gasteiger partial charge is 0.0649 e. The van der Waals surface area contributed by atoms with Gasteiger partial charge in [0.2, 0.25) is 0 Å². The first-order chi connectivity index (χ1) is 8.83. The predicted octanol–water partition coefficient (Wildman–Crippen LogP) is 2.30. The van der Waals surface area contributed by atoms with E-state index in [1.807, 2.05) is 41.1 Å². The van der Waals surface area contributed by atoms with E-state index in [1.54, 1.807) is 13.3 Å². The van der Waals surface area contributed by atoms with Crippen LogP contribution in [0.25, 0.3) is 5.69 Å². The second kappa shape index (κ2) is 6.33. The van der Waals surface area contributed by atoms with Crippen molar-refractivity contribution >= 4 is 0 Å². The summed E-state index contributed by atoms with van der Waals surface area (Å²) in [6.07, 6.45) is 3.64. The van der Waals surface area contributed by atoms with Crippen molar-refractivity contribution in [3.8, 4) is 5.69 Å². The maximum Gasteiger partial charge on any atom is 0.0649 e. The van der Waals surface area contributed by atoms with E-state index in [2.05, 4.69) is 5.10 Å². The van der Waals surface area contributed by atoms with Gasteiger partial charge in [0.25, 0.3) is 0 Å². The van der Waals surface area contributed by atoms with Crippen LogP contribution in [0, 0.1) is 0 Å². The molecule has 0 amide bonds. The van der Waals surface area contributed by atoms with Crippen molar-refractivity contribution < 1.29 is 4.74 Å². The molecule has 0 spiro atoms. The van der Waals surface area contributed by atoms with Crippen molar-refractivity contribution in [2.45, 2.75) is 18.9 Å². The lowest BCUT2D eigenvalue weighted by Crippen LogP contribution is -2.16. The summed E-state index contributed by atoms with van der Waals surface area (Å²) in [6, 6.07) is 12.0. The van der Waals surface area contributed by atoms with Crippen molar-refractivity contribution in [1.29, 1.82) is 0 Å². The number of benzene rings is 1. The molecule has 0 bridgehead atoms. The molecule has 0 aliphatic carbocycles. The third kappa shape index (κ3) is 2.97. The highest BCUT2D eigenvalue weighted by molar-refractivity contribution is 5.33. The van der Waals surface area contributed by atoms with Crippen LogP contribution in [0.4, 0.5) is 0 Å². The number of methoxy groups -OCH3 is 1. The quantitative estimate of drug-likeness (QED) is 0.794. The van der Waals surface area contributed by atoms with Crippen molar-refractivity contribution in [2.75, 3.05) is 13.7 Å². The fourth-order valence-corrected chi connectivity index (χ4v) is 1.97. The number of ether oxygens (including phenoxy) is 1. The summed E-state index contributed by atoms with van der Waals surface area (Å²) in [7, 11) is 1.71. The van der Waals surface area contributed by atoms with Crippen molar-refractivity contribution in [3.05, 3.63) is 48.3 Å². The molecule has 2 N–H and O–H groups in total. The van der Waals surface area contributed by atoms with Gasteiger partial charge in [-0.15, -0.1) is 0 Å². The van der Waals surface area contributed by atoms with Gasteiger partial charge in [0, 0.05) is 26.0 Å². The third-order valence-electron chi connectivity index (χ3n) is 2.92. The summed E-state index contributed by atoms with van der Waals surface area (Å²) >= 11 is 0. The van der Waals surface area contributed by atoms with E-state index >= 15 is 0 Å². The molecule has 4 nitrogen and oxygen atoms in total. The summed E-state index contributed by atoms with van der Waals surface area (Å²) in [4.78, 5) is 0. The average molecular weight is 245 g/mol. The van der Waals surface area contributed by atoms with Crippen LogP contribution in [0.15, 0.2) is 42.6 Å². The average Bonchev–Trinajstić information content (AvgIpc) is 2.89. The molecule has 0 saturated carbocycles. The van der Waals surface area contributed by atoms with Gasteiger partial charge < -0.3 is 10.5 Å². The molecule has 0 radical (unpaired) electrons. The summed E-state index contributed by atoms with van der Waals surface area (Å²) in [5, 5.41) is 4.34. The van der Waals surface area contributed by atoms with Crippen LogP contribution in [0.2, 0.25) is 0 Å². The Morgan fingerprint density at radius 1 is 1.28 bits per heavy atom. The van der Waals surface area contributed by atoms with Crippen LogP contribution in [-0.4, -0.2) is 23.5 Å². The second-order valence-corrected chi connectivity index (χ2v) is 4.24. The highest BCUT2D eigenvalue weighted by Gasteiger charge is 2.12. The number of hydrogen-bond acceptors (Lipinski definition) is 3. The number of aromatic nitrogens is 2. The minimum Gasteiger partial charge on any atom is -0.385 e. The SMILES string of the molecule is COCCCC(N)c1ccnn1-c1ccccc1. The number of nitrogens with zero attached hydrogens (tertiary/aromatic N) is 2. The Bertz CT molecular complexity index is 467. The fourth-order valence-electron chi connectivity index (χ4n) is 1.97. The van der Waals surface area contributed by atoms with Gasteiger partial charge in [-0.3, -0.25) is 0 Å². The molecular weight excluding hydrogens is 226 g/mol. The van der Waals surface area contributed by atoms with Gasteiger partial charge in [-0.25, -0.2) is 4.68 Å². The Hall–Kier alpha value is -1.65. The van der Waals surface area contributed by atoms with E-state index in [-0.39, 0.29) is 6.04 Å². The maximum atomic E-state index is 6.20. The molecule has 1 unspecified atom stereocenters. The Labute approximate surface area is 107 Å². The van der Waals surface area contributed by atoms with Gasteiger partial charge >= 0.3 is 0 Å². The van der Waals surface area contributed by atoms with Gasteiger partial charge in [-0.2, -0.15) is 5.10 Å². The largest absolute Gasteiger partial charge is 0.385 e. The molecule has 1 aromatic heterocycles. The zero-order valence-corrected chi connectivity index (χ0v) is 10.6. The van der Waals surface area contributed by atoms with Gasteiger partial charge in [0.1, 0.15) is 0 Å². The molecule has 18 heavy (non-hydrogen) atoms. The van der Waals surface area contributed by atoms with E-state index in [4.69, 9.17) is 10.5 Å². The lowest BCUT2D eigenvalue weighted by atomic mass is 10.1. The van der Waals surface area contributed by atoms with Crippen LogP contribution >= 0.6 is 0 Å². The van der Waals surface area contributed by atoms with E-state index < -0.39 is 0 Å². The normalized spacial score (nSPS) is 12.6. The lowest BCUT2D eigenvalue weighted by Gasteiger charge is -2.14. The van der Waals surface area contributed by atoms with E-state index in [0.717, 1.165) is 30.8 Å². The molecule has 2 aromatic rings. The van der Waals surface area contributed by atoms with Crippen LogP contribution in [-0.2, 0) is 4.74 Å². The van der Waals surface area contributed by atoms with Crippen LogP contribution in [0.5, 0.6) is 0 Å². The van der Waals surface area contributed by atoms with Gasteiger partial charge in [0.15, 0.2) is 0 Å². The van der Waals surface area contributed by atoms with Crippen LogP contribution < -0.4 is 5.73 Å². The molecule has 1 aromatic carbocycles. The van der Waals surface area contributed by atoms with Gasteiger partial charge in [-0.05, 0) is 31.0 Å². The summed E-state index contributed by atoms with van der Waals surface area (Å²) in [6.45, 7) is 0.743.